The monoisotopic (exact) mass is 162 g/mol. The average molecular weight is 162 g/mol. The fourth-order valence-corrected chi connectivity index (χ4v) is 1.49. The molecular formula is C4H8BO4P. The van der Waals surface area contributed by atoms with E-state index in [9.17, 15) is 4.57 Å². The Morgan fingerprint density at radius 1 is 1.80 bits per heavy atom. The summed E-state index contributed by atoms with van der Waals surface area (Å²) in [4.78, 5) is 8.76. The highest BCUT2D eigenvalue weighted by Crippen LogP contribution is 2.45. The van der Waals surface area contributed by atoms with Crippen molar-refractivity contribution in [2.24, 2.45) is 0 Å². The lowest BCUT2D eigenvalue weighted by Crippen LogP contribution is -2.24. The standard InChI is InChI=1S/C4H8BO4P/c5-1-4-2-9-10(6,7)3-8-4/h4H,1-3H2,(H,6,7)/t4-/m0/s1. The molecule has 0 spiro atoms. The molecule has 1 heterocycles. The minimum Gasteiger partial charge on any atom is -0.364 e. The van der Waals surface area contributed by atoms with Crippen LogP contribution in [0.2, 0.25) is 6.32 Å². The van der Waals surface area contributed by atoms with Crippen LogP contribution in [0.4, 0.5) is 0 Å². The molecule has 0 aromatic heterocycles. The van der Waals surface area contributed by atoms with Crippen molar-refractivity contribution in [3.63, 3.8) is 0 Å². The second-order valence-electron chi connectivity index (χ2n) is 2.09. The highest BCUT2D eigenvalue weighted by atomic mass is 31.2. The maximum atomic E-state index is 10.7. The molecule has 0 aliphatic carbocycles. The minimum atomic E-state index is -3.41. The van der Waals surface area contributed by atoms with E-state index in [1.807, 2.05) is 0 Å². The molecule has 2 radical (unpaired) electrons. The topological polar surface area (TPSA) is 55.8 Å². The third-order valence-corrected chi connectivity index (χ3v) is 2.23. The van der Waals surface area contributed by atoms with Crippen molar-refractivity contribution in [1.82, 2.24) is 0 Å². The van der Waals surface area contributed by atoms with Gasteiger partial charge in [-0.1, -0.05) is 6.32 Å². The molecule has 1 aliphatic heterocycles. The van der Waals surface area contributed by atoms with Gasteiger partial charge in [0.15, 0.2) is 0 Å². The van der Waals surface area contributed by atoms with E-state index in [4.69, 9.17) is 17.5 Å². The molecule has 1 fully saturated rings. The first kappa shape index (κ1) is 8.27. The van der Waals surface area contributed by atoms with Crippen LogP contribution in [0.3, 0.4) is 0 Å². The van der Waals surface area contributed by atoms with Crippen molar-refractivity contribution in [3.05, 3.63) is 0 Å². The normalized spacial score (nSPS) is 41.5. The first-order chi connectivity index (χ1) is 4.64. The molecular weight excluding hydrogens is 154 g/mol. The van der Waals surface area contributed by atoms with Gasteiger partial charge in [0, 0.05) is 0 Å². The van der Waals surface area contributed by atoms with Crippen LogP contribution in [-0.2, 0) is 13.8 Å². The molecule has 6 heteroatoms. The molecule has 0 bridgehead atoms. The van der Waals surface area contributed by atoms with Gasteiger partial charge in [0.2, 0.25) is 0 Å². The second-order valence-corrected chi connectivity index (χ2v) is 3.88. The van der Waals surface area contributed by atoms with Crippen LogP contribution >= 0.6 is 7.60 Å². The van der Waals surface area contributed by atoms with Gasteiger partial charge in [0.1, 0.15) is 6.35 Å². The molecule has 0 aromatic carbocycles. The van der Waals surface area contributed by atoms with Crippen molar-refractivity contribution in [2.75, 3.05) is 13.0 Å². The van der Waals surface area contributed by atoms with Gasteiger partial charge < -0.3 is 14.2 Å². The van der Waals surface area contributed by atoms with Crippen molar-refractivity contribution in [2.45, 2.75) is 12.4 Å². The van der Waals surface area contributed by atoms with E-state index in [-0.39, 0.29) is 19.1 Å². The van der Waals surface area contributed by atoms with Crippen LogP contribution < -0.4 is 0 Å². The molecule has 2 atom stereocenters. The molecule has 1 N–H and O–H groups in total. The molecule has 10 heavy (non-hydrogen) atoms. The van der Waals surface area contributed by atoms with Crippen molar-refractivity contribution >= 4 is 15.4 Å². The lowest BCUT2D eigenvalue weighted by Gasteiger charge is -2.24. The first-order valence-electron chi connectivity index (χ1n) is 2.92. The van der Waals surface area contributed by atoms with Crippen LogP contribution in [0.5, 0.6) is 0 Å². The second kappa shape index (κ2) is 3.05. The van der Waals surface area contributed by atoms with Gasteiger partial charge in [-0.25, -0.2) is 0 Å². The summed E-state index contributed by atoms with van der Waals surface area (Å²) in [5.41, 5.74) is 0. The molecule has 56 valence electrons. The zero-order valence-corrected chi connectivity index (χ0v) is 6.29. The van der Waals surface area contributed by atoms with Crippen molar-refractivity contribution in [3.8, 4) is 0 Å². The van der Waals surface area contributed by atoms with Gasteiger partial charge in [-0.2, -0.15) is 0 Å². The van der Waals surface area contributed by atoms with E-state index in [1.54, 1.807) is 0 Å². The molecule has 0 amide bonds. The van der Waals surface area contributed by atoms with E-state index in [0.717, 1.165) is 0 Å². The molecule has 1 unspecified atom stereocenters. The largest absolute Gasteiger partial charge is 0.364 e. The number of hydrogen-bond acceptors (Lipinski definition) is 3. The van der Waals surface area contributed by atoms with Crippen molar-refractivity contribution in [1.29, 1.82) is 0 Å². The Hall–Kier alpha value is 0.175. The van der Waals surface area contributed by atoms with E-state index in [1.165, 1.54) is 0 Å². The smallest absolute Gasteiger partial charge is 0.353 e. The van der Waals surface area contributed by atoms with E-state index < -0.39 is 7.60 Å². The van der Waals surface area contributed by atoms with Gasteiger partial charge in [-0.15, -0.1) is 0 Å². The summed E-state index contributed by atoms with van der Waals surface area (Å²) in [6, 6.07) is 0. The summed E-state index contributed by atoms with van der Waals surface area (Å²) in [6.07, 6.45) is -0.149. The SMILES string of the molecule is [B]C[C@H]1COP(=O)(O)CO1. The highest BCUT2D eigenvalue weighted by Gasteiger charge is 2.28. The van der Waals surface area contributed by atoms with Gasteiger partial charge in [0.05, 0.1) is 20.6 Å². The summed E-state index contributed by atoms with van der Waals surface area (Å²) in [6.45, 7) is 0.115. The number of hydrogen-bond donors (Lipinski definition) is 1. The van der Waals surface area contributed by atoms with Crippen LogP contribution in [-0.4, -0.2) is 31.8 Å². The first-order valence-corrected chi connectivity index (χ1v) is 4.68. The Morgan fingerprint density at radius 2 is 2.50 bits per heavy atom. The Kier molecular flexibility index (Phi) is 2.52. The average Bonchev–Trinajstić information content (AvgIpc) is 1.88. The Balaban J connectivity index is 2.38. The minimum absolute atomic E-state index is 0.115. The van der Waals surface area contributed by atoms with Gasteiger partial charge in [0.25, 0.3) is 0 Å². The molecule has 0 saturated carbocycles. The Labute approximate surface area is 60.5 Å². The van der Waals surface area contributed by atoms with Crippen LogP contribution in [0.15, 0.2) is 0 Å². The zero-order valence-electron chi connectivity index (χ0n) is 5.40. The lowest BCUT2D eigenvalue weighted by atomic mass is 10.0. The van der Waals surface area contributed by atoms with E-state index >= 15 is 0 Å². The molecule has 1 aliphatic rings. The third kappa shape index (κ3) is 2.09. The van der Waals surface area contributed by atoms with Gasteiger partial charge in [-0.3, -0.25) is 4.57 Å². The summed E-state index contributed by atoms with van der Waals surface area (Å²) in [7, 11) is 1.80. The fourth-order valence-electron chi connectivity index (χ4n) is 0.621. The predicted octanol–water partition coefficient (Wildman–Crippen LogP) is 0.131. The number of rotatable bonds is 1. The maximum absolute atomic E-state index is 10.7. The van der Waals surface area contributed by atoms with Gasteiger partial charge in [-0.05, 0) is 0 Å². The molecule has 4 nitrogen and oxygen atoms in total. The van der Waals surface area contributed by atoms with Crippen molar-refractivity contribution < 1.29 is 18.7 Å². The van der Waals surface area contributed by atoms with Crippen LogP contribution in [0.25, 0.3) is 0 Å². The zero-order chi connectivity index (χ0) is 7.61. The molecule has 1 rings (SSSR count). The highest BCUT2D eigenvalue weighted by molar-refractivity contribution is 7.52. The van der Waals surface area contributed by atoms with E-state index in [2.05, 4.69) is 4.52 Å². The lowest BCUT2D eigenvalue weighted by molar-refractivity contribution is 0.0125. The van der Waals surface area contributed by atoms with Gasteiger partial charge >= 0.3 is 7.60 Å². The molecule has 0 aromatic rings. The van der Waals surface area contributed by atoms with Crippen LogP contribution in [0, 0.1) is 0 Å². The summed E-state index contributed by atoms with van der Waals surface area (Å²) >= 11 is 0. The Bertz CT molecular complexity index is 149. The summed E-state index contributed by atoms with van der Waals surface area (Å²) in [5.74, 6) is 0. The third-order valence-electron chi connectivity index (χ3n) is 1.20. The van der Waals surface area contributed by atoms with Crippen LogP contribution in [0.1, 0.15) is 0 Å². The maximum Gasteiger partial charge on any atom is 0.353 e. The summed E-state index contributed by atoms with van der Waals surface area (Å²) < 4.78 is 20.1. The van der Waals surface area contributed by atoms with E-state index in [0.29, 0.717) is 6.32 Å². The fraction of sp³-hybridized carbons (Fsp3) is 1.00. The summed E-state index contributed by atoms with van der Waals surface area (Å²) in [5, 5.41) is 0. The Morgan fingerprint density at radius 3 is 2.90 bits per heavy atom. The number of ether oxygens (including phenoxy) is 1. The molecule has 1 saturated heterocycles. The quantitative estimate of drug-likeness (QED) is 0.439. The predicted molar refractivity (Wildman–Crippen MR) is 36.1 cm³/mol.